The maximum absolute atomic E-state index is 13.1. The molecule has 158 valence electrons. The van der Waals surface area contributed by atoms with E-state index in [1.165, 1.54) is 12.1 Å². The van der Waals surface area contributed by atoms with Crippen molar-refractivity contribution in [2.24, 2.45) is 0 Å². The average Bonchev–Trinajstić information content (AvgIpc) is 3.16. The highest BCUT2D eigenvalue weighted by Gasteiger charge is 2.35. The van der Waals surface area contributed by atoms with E-state index in [1.807, 2.05) is 19.0 Å². The molecule has 0 spiro atoms. The Balaban J connectivity index is 1.73. The van der Waals surface area contributed by atoms with E-state index in [9.17, 15) is 18.0 Å². The van der Waals surface area contributed by atoms with Crippen molar-refractivity contribution in [2.75, 3.05) is 32.6 Å². The number of ether oxygens (including phenoxy) is 1. The summed E-state index contributed by atoms with van der Waals surface area (Å²) >= 11 is 0.847. The number of carbonyl (C=O) groups excluding carboxylic acids is 1. The zero-order valence-corrected chi connectivity index (χ0v) is 16.9. The maximum Gasteiger partial charge on any atom is 0.417 e. The molecule has 3 aromatic rings. The molecule has 1 amide bonds. The highest BCUT2D eigenvalue weighted by atomic mass is 32.1. The summed E-state index contributed by atoms with van der Waals surface area (Å²) in [6.45, 7) is 1.23. The number of hydrogen-bond acceptors (Lipinski definition) is 7. The smallest absolute Gasteiger partial charge is 0.417 e. The number of aromatic nitrogens is 3. The molecule has 0 saturated heterocycles. The van der Waals surface area contributed by atoms with Crippen molar-refractivity contribution < 1.29 is 22.7 Å². The van der Waals surface area contributed by atoms with Gasteiger partial charge in [0.15, 0.2) is 5.82 Å². The molecule has 11 heteroatoms. The molecular weight excluding hydrogens is 419 g/mol. The summed E-state index contributed by atoms with van der Waals surface area (Å²) in [7, 11) is 3.87. The first-order valence-corrected chi connectivity index (χ1v) is 9.56. The third kappa shape index (κ3) is 5.51. The minimum atomic E-state index is -4.64. The summed E-state index contributed by atoms with van der Waals surface area (Å²) in [5.74, 6) is -0.0989. The number of carbonyl (C=O) groups is 1. The van der Waals surface area contributed by atoms with Gasteiger partial charge in [0.2, 0.25) is 5.13 Å². The van der Waals surface area contributed by atoms with Crippen molar-refractivity contribution in [3.8, 4) is 17.3 Å². The Morgan fingerprint density at radius 2 is 2.00 bits per heavy atom. The normalized spacial score (nSPS) is 11.5. The molecule has 0 aliphatic carbocycles. The second kappa shape index (κ2) is 9.18. The zero-order chi connectivity index (χ0) is 21.7. The molecule has 0 bridgehead atoms. The van der Waals surface area contributed by atoms with E-state index in [4.69, 9.17) is 4.74 Å². The van der Waals surface area contributed by atoms with Crippen molar-refractivity contribution in [2.45, 2.75) is 6.18 Å². The Labute approximate surface area is 174 Å². The van der Waals surface area contributed by atoms with Gasteiger partial charge in [-0.3, -0.25) is 15.1 Å². The fraction of sp³-hybridized carbons (Fsp3) is 0.263. The van der Waals surface area contributed by atoms with Gasteiger partial charge < -0.3 is 9.64 Å². The van der Waals surface area contributed by atoms with Gasteiger partial charge in [0, 0.05) is 30.3 Å². The predicted molar refractivity (Wildman–Crippen MR) is 107 cm³/mol. The molecule has 2 aromatic heterocycles. The number of nitrogens with zero attached hydrogens (tertiary/aromatic N) is 4. The lowest BCUT2D eigenvalue weighted by molar-refractivity contribution is -0.137. The van der Waals surface area contributed by atoms with Crippen LogP contribution in [0.2, 0.25) is 0 Å². The second-order valence-corrected chi connectivity index (χ2v) is 7.20. The van der Waals surface area contributed by atoms with Crippen molar-refractivity contribution in [3.05, 3.63) is 53.7 Å². The van der Waals surface area contributed by atoms with Crippen LogP contribution in [0.3, 0.4) is 0 Å². The Hall–Kier alpha value is -3.05. The van der Waals surface area contributed by atoms with E-state index in [2.05, 4.69) is 19.7 Å². The van der Waals surface area contributed by atoms with E-state index in [1.54, 1.807) is 18.3 Å². The molecule has 0 fully saturated rings. The summed E-state index contributed by atoms with van der Waals surface area (Å²) in [6, 6.07) is 7.90. The minimum absolute atomic E-state index is 0.0627. The number of anilines is 1. The topological polar surface area (TPSA) is 80.2 Å². The molecular formula is C19H18F3N5O2S. The molecule has 1 aromatic carbocycles. The zero-order valence-electron chi connectivity index (χ0n) is 16.1. The number of pyridine rings is 1. The van der Waals surface area contributed by atoms with Gasteiger partial charge in [-0.2, -0.15) is 22.5 Å². The van der Waals surface area contributed by atoms with Crippen LogP contribution in [0.15, 0.2) is 42.6 Å². The van der Waals surface area contributed by atoms with Crippen LogP contribution in [-0.2, 0) is 6.18 Å². The second-order valence-electron chi connectivity index (χ2n) is 6.45. The molecule has 0 atom stereocenters. The Morgan fingerprint density at radius 1 is 1.23 bits per heavy atom. The van der Waals surface area contributed by atoms with E-state index in [0.29, 0.717) is 18.1 Å². The van der Waals surface area contributed by atoms with Crippen molar-refractivity contribution in [1.29, 1.82) is 0 Å². The van der Waals surface area contributed by atoms with E-state index in [-0.39, 0.29) is 11.0 Å². The van der Waals surface area contributed by atoms with Crippen LogP contribution in [-0.4, -0.2) is 52.4 Å². The number of nitrogens with one attached hydrogen (secondary N) is 1. The largest absolute Gasteiger partial charge is 0.492 e. The quantitative estimate of drug-likeness (QED) is 0.606. The van der Waals surface area contributed by atoms with Crippen molar-refractivity contribution >= 4 is 22.6 Å². The van der Waals surface area contributed by atoms with Gasteiger partial charge in [0.25, 0.3) is 5.91 Å². The van der Waals surface area contributed by atoms with Gasteiger partial charge in [-0.05, 0) is 32.3 Å². The Kier molecular flexibility index (Phi) is 6.63. The monoisotopic (exact) mass is 437 g/mol. The first-order chi connectivity index (χ1) is 14.2. The van der Waals surface area contributed by atoms with E-state index < -0.39 is 23.2 Å². The number of halogens is 3. The standard InChI is InChI=1S/C19H18F3N5O2S/c1-27(2)9-10-29-12-7-8-23-15(11-12)16-24-18(30-26-16)25-17(28)13-5-3-4-6-14(13)19(20,21)22/h3-8,11H,9-10H2,1-2H3,(H,24,25,26,28). The number of rotatable bonds is 7. The molecule has 30 heavy (non-hydrogen) atoms. The van der Waals surface area contributed by atoms with Gasteiger partial charge in [-0.1, -0.05) is 12.1 Å². The summed E-state index contributed by atoms with van der Waals surface area (Å²) in [5, 5.41) is 2.43. The number of amides is 1. The molecule has 7 nitrogen and oxygen atoms in total. The third-order valence-corrected chi connectivity index (χ3v) is 4.52. The number of likely N-dealkylation sites (N-methyl/N-ethyl adjacent to an activating group) is 1. The number of alkyl halides is 3. The van der Waals surface area contributed by atoms with Crippen molar-refractivity contribution in [3.63, 3.8) is 0 Å². The highest BCUT2D eigenvalue weighted by molar-refractivity contribution is 7.10. The lowest BCUT2D eigenvalue weighted by Gasteiger charge is -2.11. The lowest BCUT2D eigenvalue weighted by Crippen LogP contribution is -2.19. The molecule has 2 heterocycles. The Morgan fingerprint density at radius 3 is 2.73 bits per heavy atom. The fourth-order valence-corrected chi connectivity index (χ4v) is 3.01. The van der Waals surface area contributed by atoms with Crippen LogP contribution in [0.1, 0.15) is 15.9 Å². The van der Waals surface area contributed by atoms with Gasteiger partial charge in [0.05, 0.1) is 11.1 Å². The van der Waals surface area contributed by atoms with E-state index >= 15 is 0 Å². The first kappa shape index (κ1) is 21.7. The fourth-order valence-electron chi connectivity index (χ4n) is 2.44. The summed E-state index contributed by atoms with van der Waals surface area (Å²) in [4.78, 5) is 22.7. The van der Waals surface area contributed by atoms with Crippen LogP contribution in [0.5, 0.6) is 5.75 Å². The van der Waals surface area contributed by atoms with Gasteiger partial charge in [-0.25, -0.2) is 0 Å². The molecule has 0 radical (unpaired) electrons. The van der Waals surface area contributed by atoms with Gasteiger partial charge >= 0.3 is 6.18 Å². The van der Waals surface area contributed by atoms with Gasteiger partial charge in [0.1, 0.15) is 18.1 Å². The molecule has 0 aliphatic rings. The molecule has 3 rings (SSSR count). The number of benzene rings is 1. The summed E-state index contributed by atoms with van der Waals surface area (Å²) in [6.07, 6.45) is -3.10. The van der Waals surface area contributed by atoms with Crippen LogP contribution in [0.4, 0.5) is 18.3 Å². The van der Waals surface area contributed by atoms with Crippen molar-refractivity contribution in [1.82, 2.24) is 19.2 Å². The molecule has 0 aliphatic heterocycles. The molecule has 0 unspecified atom stereocenters. The summed E-state index contributed by atoms with van der Waals surface area (Å²) < 4.78 is 49.1. The summed E-state index contributed by atoms with van der Waals surface area (Å²) in [5.41, 5.74) is -1.09. The van der Waals surface area contributed by atoms with Crippen LogP contribution in [0.25, 0.3) is 11.5 Å². The third-order valence-electron chi connectivity index (χ3n) is 3.89. The van der Waals surface area contributed by atoms with Crippen LogP contribution >= 0.6 is 11.5 Å². The van der Waals surface area contributed by atoms with Crippen LogP contribution in [0, 0.1) is 0 Å². The number of hydrogen-bond donors (Lipinski definition) is 1. The van der Waals surface area contributed by atoms with Gasteiger partial charge in [-0.15, -0.1) is 0 Å². The molecule has 1 N–H and O–H groups in total. The maximum atomic E-state index is 13.1. The molecule has 0 saturated carbocycles. The average molecular weight is 437 g/mol. The highest BCUT2D eigenvalue weighted by Crippen LogP contribution is 2.32. The lowest BCUT2D eigenvalue weighted by atomic mass is 10.1. The van der Waals surface area contributed by atoms with E-state index in [0.717, 1.165) is 30.2 Å². The minimum Gasteiger partial charge on any atom is -0.492 e. The SMILES string of the molecule is CN(C)CCOc1ccnc(-c2nsc(NC(=O)c3ccccc3C(F)(F)F)n2)c1. The van der Waals surface area contributed by atoms with Crippen LogP contribution < -0.4 is 10.1 Å². The first-order valence-electron chi connectivity index (χ1n) is 8.79. The Bertz CT molecular complexity index is 1020. The predicted octanol–water partition coefficient (Wildman–Crippen LogP) is 3.81.